The van der Waals surface area contributed by atoms with E-state index in [0.717, 1.165) is 25.9 Å². The lowest BCUT2D eigenvalue weighted by Gasteiger charge is -2.07. The van der Waals surface area contributed by atoms with Crippen LogP contribution in [0.15, 0.2) is 0 Å². The predicted molar refractivity (Wildman–Crippen MR) is 42.9 cm³/mol. The molecule has 0 spiro atoms. The number of hydrogen-bond donors (Lipinski definition) is 4. The van der Waals surface area contributed by atoms with E-state index >= 15 is 0 Å². The lowest BCUT2D eigenvalue weighted by Crippen LogP contribution is -2.50. The van der Waals surface area contributed by atoms with E-state index in [-0.39, 0.29) is 0 Å². The summed E-state index contributed by atoms with van der Waals surface area (Å²) in [5, 5.41) is 0. The number of rotatable bonds is 7. The molecular formula is C6H18N4. The van der Waals surface area contributed by atoms with Crippen molar-refractivity contribution < 1.29 is 0 Å². The molecule has 0 fully saturated rings. The summed E-state index contributed by atoms with van der Waals surface area (Å²) in [6, 6.07) is 0. The molecule has 0 saturated heterocycles. The second-order valence-electron chi connectivity index (χ2n) is 2.10. The van der Waals surface area contributed by atoms with E-state index in [1.165, 1.54) is 0 Å². The van der Waals surface area contributed by atoms with Gasteiger partial charge >= 0.3 is 0 Å². The van der Waals surface area contributed by atoms with Gasteiger partial charge in [0.1, 0.15) is 0 Å². The fraction of sp³-hybridized carbons (Fsp3) is 1.00. The number of hydrazine groups is 3. The van der Waals surface area contributed by atoms with E-state index in [2.05, 4.69) is 35.8 Å². The molecule has 0 bridgehead atoms. The Morgan fingerprint density at radius 3 is 1.50 bits per heavy atom. The molecule has 0 unspecified atom stereocenters. The topological polar surface area (TPSA) is 48.1 Å². The largest absolute Gasteiger partial charge is 0.243 e. The summed E-state index contributed by atoms with van der Waals surface area (Å²) in [5.74, 6) is 0. The van der Waals surface area contributed by atoms with Gasteiger partial charge in [-0.3, -0.25) is 0 Å². The molecule has 0 aromatic rings. The normalized spacial score (nSPS) is 10.2. The summed E-state index contributed by atoms with van der Waals surface area (Å²) >= 11 is 0. The van der Waals surface area contributed by atoms with Crippen LogP contribution in [-0.4, -0.2) is 13.1 Å². The molecule has 10 heavy (non-hydrogen) atoms. The molecule has 0 saturated carbocycles. The highest BCUT2D eigenvalue weighted by molar-refractivity contribution is 4.33. The summed E-state index contributed by atoms with van der Waals surface area (Å²) in [5.41, 5.74) is 11.6. The van der Waals surface area contributed by atoms with Gasteiger partial charge in [0.05, 0.1) is 0 Å². The van der Waals surface area contributed by atoms with Crippen molar-refractivity contribution in [3.05, 3.63) is 0 Å². The second kappa shape index (κ2) is 8.84. The molecule has 0 aliphatic rings. The Bertz CT molecular complexity index is 49.7. The summed E-state index contributed by atoms with van der Waals surface area (Å²) in [6.07, 6.45) is 2.25. The molecule has 0 atom stereocenters. The van der Waals surface area contributed by atoms with Gasteiger partial charge in [0.15, 0.2) is 0 Å². The van der Waals surface area contributed by atoms with Crippen molar-refractivity contribution in [2.75, 3.05) is 13.1 Å². The first-order valence-electron chi connectivity index (χ1n) is 3.87. The van der Waals surface area contributed by atoms with Gasteiger partial charge in [-0.1, -0.05) is 13.8 Å². The van der Waals surface area contributed by atoms with Gasteiger partial charge in [-0.15, -0.1) is 0 Å². The molecule has 0 amide bonds. The van der Waals surface area contributed by atoms with Crippen LogP contribution in [0.2, 0.25) is 0 Å². The maximum absolute atomic E-state index is 2.97. The van der Waals surface area contributed by atoms with E-state index in [9.17, 15) is 0 Å². The van der Waals surface area contributed by atoms with Crippen LogP contribution in [0.1, 0.15) is 26.7 Å². The molecule has 0 heterocycles. The van der Waals surface area contributed by atoms with Crippen LogP contribution in [-0.2, 0) is 0 Å². The van der Waals surface area contributed by atoms with Crippen LogP contribution < -0.4 is 21.9 Å². The molecule has 0 radical (unpaired) electrons. The van der Waals surface area contributed by atoms with Crippen LogP contribution in [0.3, 0.4) is 0 Å². The lowest BCUT2D eigenvalue weighted by atomic mass is 10.5. The van der Waals surface area contributed by atoms with Gasteiger partial charge < -0.3 is 0 Å². The molecule has 0 aromatic carbocycles. The van der Waals surface area contributed by atoms with E-state index in [1.54, 1.807) is 0 Å². The van der Waals surface area contributed by atoms with Crippen molar-refractivity contribution in [2.45, 2.75) is 26.7 Å². The minimum Gasteiger partial charge on any atom is -0.243 e. The molecule has 62 valence electrons. The van der Waals surface area contributed by atoms with Crippen molar-refractivity contribution in [1.29, 1.82) is 0 Å². The first kappa shape index (κ1) is 9.84. The Labute approximate surface area is 62.7 Å². The first-order chi connectivity index (χ1) is 4.91. The first-order valence-corrected chi connectivity index (χ1v) is 3.87. The molecule has 4 heteroatoms. The highest BCUT2D eigenvalue weighted by Gasteiger charge is 1.79. The van der Waals surface area contributed by atoms with Crippen molar-refractivity contribution in [3.63, 3.8) is 0 Å². The summed E-state index contributed by atoms with van der Waals surface area (Å²) in [4.78, 5) is 0. The van der Waals surface area contributed by atoms with Crippen LogP contribution in [0.25, 0.3) is 0 Å². The van der Waals surface area contributed by atoms with Crippen LogP contribution in [0.4, 0.5) is 0 Å². The standard InChI is InChI=1S/C6H18N4/c1-3-5-7-9-10-8-6-4-2/h7-10H,3-6H2,1-2H3. The molecule has 0 aliphatic carbocycles. The van der Waals surface area contributed by atoms with Crippen molar-refractivity contribution >= 4 is 0 Å². The smallest absolute Gasteiger partial charge is 0.0111 e. The molecular weight excluding hydrogens is 128 g/mol. The highest BCUT2D eigenvalue weighted by Crippen LogP contribution is 1.64. The van der Waals surface area contributed by atoms with Crippen molar-refractivity contribution in [1.82, 2.24) is 21.9 Å². The fourth-order valence-electron chi connectivity index (χ4n) is 0.463. The maximum atomic E-state index is 2.97. The van der Waals surface area contributed by atoms with Gasteiger partial charge in [-0.25, -0.2) is 10.9 Å². The zero-order valence-electron chi connectivity index (χ0n) is 6.83. The number of nitrogens with one attached hydrogen (secondary N) is 4. The zero-order valence-corrected chi connectivity index (χ0v) is 6.83. The SMILES string of the molecule is CCCNNNNCCC. The molecule has 0 aliphatic heterocycles. The monoisotopic (exact) mass is 146 g/mol. The Hall–Kier alpha value is -0.160. The summed E-state index contributed by atoms with van der Waals surface area (Å²) < 4.78 is 0. The minimum atomic E-state index is 0.973. The van der Waals surface area contributed by atoms with Crippen LogP contribution in [0.5, 0.6) is 0 Å². The van der Waals surface area contributed by atoms with Crippen LogP contribution >= 0.6 is 0 Å². The lowest BCUT2D eigenvalue weighted by molar-refractivity contribution is 0.370. The van der Waals surface area contributed by atoms with E-state index < -0.39 is 0 Å². The summed E-state index contributed by atoms with van der Waals surface area (Å²) in [7, 11) is 0. The Kier molecular flexibility index (Phi) is 8.70. The van der Waals surface area contributed by atoms with Gasteiger partial charge in [-0.05, 0) is 12.8 Å². The average Bonchev–Trinajstić information content (AvgIpc) is 1.97. The van der Waals surface area contributed by atoms with Gasteiger partial charge in [0.25, 0.3) is 0 Å². The van der Waals surface area contributed by atoms with Gasteiger partial charge in [0.2, 0.25) is 0 Å². The fourth-order valence-corrected chi connectivity index (χ4v) is 0.463. The zero-order chi connectivity index (χ0) is 7.66. The Balaban J connectivity index is 2.65. The van der Waals surface area contributed by atoms with Gasteiger partial charge in [0, 0.05) is 13.1 Å². The number of hydrogen-bond acceptors (Lipinski definition) is 4. The third kappa shape index (κ3) is 7.84. The summed E-state index contributed by atoms with van der Waals surface area (Å²) in [6.45, 7) is 6.18. The molecule has 4 N–H and O–H groups in total. The van der Waals surface area contributed by atoms with Crippen molar-refractivity contribution in [3.8, 4) is 0 Å². The Morgan fingerprint density at radius 1 is 0.800 bits per heavy atom. The highest BCUT2D eigenvalue weighted by atomic mass is 15.7. The minimum absolute atomic E-state index is 0.973. The van der Waals surface area contributed by atoms with E-state index in [4.69, 9.17) is 0 Å². The molecule has 4 nitrogen and oxygen atoms in total. The van der Waals surface area contributed by atoms with Gasteiger partial charge in [-0.2, -0.15) is 11.1 Å². The third-order valence-corrected chi connectivity index (χ3v) is 0.989. The predicted octanol–water partition coefficient (Wildman–Crippen LogP) is -0.0902. The third-order valence-electron chi connectivity index (χ3n) is 0.989. The average molecular weight is 146 g/mol. The maximum Gasteiger partial charge on any atom is 0.0111 e. The molecule has 0 aromatic heterocycles. The second-order valence-corrected chi connectivity index (χ2v) is 2.10. The van der Waals surface area contributed by atoms with E-state index in [0.29, 0.717) is 0 Å². The van der Waals surface area contributed by atoms with E-state index in [1.807, 2.05) is 0 Å². The Morgan fingerprint density at radius 2 is 1.20 bits per heavy atom. The van der Waals surface area contributed by atoms with Crippen LogP contribution in [0, 0.1) is 0 Å². The van der Waals surface area contributed by atoms with Crippen molar-refractivity contribution in [2.24, 2.45) is 0 Å². The quantitative estimate of drug-likeness (QED) is 0.299. The molecule has 0 rings (SSSR count).